The predicted octanol–water partition coefficient (Wildman–Crippen LogP) is 5.73. The van der Waals surface area contributed by atoms with Crippen molar-refractivity contribution in [2.24, 2.45) is 5.92 Å². The summed E-state index contributed by atoms with van der Waals surface area (Å²) in [6.45, 7) is 8.81. The van der Waals surface area contributed by atoms with Crippen LogP contribution in [0.2, 0.25) is 0 Å². The minimum Gasteiger partial charge on any atom is -0.458 e. The van der Waals surface area contributed by atoms with Crippen molar-refractivity contribution in [2.45, 2.75) is 76.8 Å². The molecule has 3 aromatic rings. The van der Waals surface area contributed by atoms with Gasteiger partial charge in [0.15, 0.2) is 0 Å². The lowest BCUT2D eigenvalue weighted by Crippen LogP contribution is -2.47. The van der Waals surface area contributed by atoms with Gasteiger partial charge in [0.25, 0.3) is 10.1 Å². The molecule has 1 N–H and O–H groups in total. The molecule has 0 heterocycles. The van der Waals surface area contributed by atoms with Crippen LogP contribution in [-0.2, 0) is 35.0 Å². The lowest BCUT2D eigenvalue weighted by atomic mass is 9.94. The molecule has 39 heavy (non-hydrogen) atoms. The second kappa shape index (κ2) is 13.2. The first kappa shape index (κ1) is 30.3. The van der Waals surface area contributed by atoms with Crippen LogP contribution in [0.3, 0.4) is 0 Å². The van der Waals surface area contributed by atoms with Gasteiger partial charge in [-0.15, -0.1) is 0 Å². The highest BCUT2D eigenvalue weighted by molar-refractivity contribution is 7.86. The molecule has 3 rings (SSSR count). The first-order valence-corrected chi connectivity index (χ1v) is 14.8. The summed E-state index contributed by atoms with van der Waals surface area (Å²) in [5, 5.41) is 4.82. The molecule has 0 aliphatic rings. The Morgan fingerprint density at radius 2 is 1.62 bits per heavy atom. The molecule has 2 atom stereocenters. The van der Waals surface area contributed by atoms with Crippen molar-refractivity contribution >= 4 is 32.8 Å². The van der Waals surface area contributed by atoms with E-state index in [4.69, 9.17) is 8.92 Å². The maximum atomic E-state index is 13.6. The summed E-state index contributed by atoms with van der Waals surface area (Å²) in [7, 11) is -4.10. The van der Waals surface area contributed by atoms with Gasteiger partial charge in [-0.1, -0.05) is 79.9 Å². The number of carbonyl (C=O) groups excluding carboxylic acids is 2. The number of carbonyl (C=O) groups is 2. The molecule has 0 radical (unpaired) electrons. The third-order valence-electron chi connectivity index (χ3n) is 6.31. The molecule has 0 aliphatic heterocycles. The van der Waals surface area contributed by atoms with Gasteiger partial charge >= 0.3 is 5.97 Å². The minimum atomic E-state index is -4.10. The Hall–Kier alpha value is -3.23. The SMILES string of the molecule is CCCC[C@H](NC(=O)[C@H](COS(=O)(=O)c1ccc(C)cc1)Cc1cccc2ccccc12)C(=O)OC(C)(C)C. The Morgan fingerprint density at radius 1 is 0.949 bits per heavy atom. The van der Waals surface area contributed by atoms with E-state index in [1.54, 1.807) is 32.9 Å². The Morgan fingerprint density at radius 3 is 2.28 bits per heavy atom. The number of nitrogens with one attached hydrogen (secondary N) is 1. The van der Waals surface area contributed by atoms with Gasteiger partial charge in [0.05, 0.1) is 17.4 Å². The summed E-state index contributed by atoms with van der Waals surface area (Å²) in [6, 6.07) is 19.1. The van der Waals surface area contributed by atoms with Crippen molar-refractivity contribution in [2.75, 3.05) is 6.61 Å². The van der Waals surface area contributed by atoms with Gasteiger partial charge in [-0.2, -0.15) is 8.42 Å². The summed E-state index contributed by atoms with van der Waals surface area (Å²) in [5.74, 6) is -1.85. The van der Waals surface area contributed by atoms with E-state index in [9.17, 15) is 18.0 Å². The number of esters is 1. The molecule has 8 heteroatoms. The first-order chi connectivity index (χ1) is 18.4. The van der Waals surface area contributed by atoms with Gasteiger partial charge in [-0.05, 0) is 69.0 Å². The molecule has 0 unspecified atom stereocenters. The van der Waals surface area contributed by atoms with Crippen LogP contribution >= 0.6 is 0 Å². The highest BCUT2D eigenvalue weighted by Crippen LogP contribution is 2.23. The Labute approximate surface area is 232 Å². The fourth-order valence-corrected chi connectivity index (χ4v) is 5.18. The van der Waals surface area contributed by atoms with E-state index in [2.05, 4.69) is 5.32 Å². The number of benzene rings is 3. The van der Waals surface area contributed by atoms with Crippen molar-refractivity contribution in [3.8, 4) is 0 Å². The monoisotopic (exact) mass is 553 g/mol. The van der Waals surface area contributed by atoms with Gasteiger partial charge in [-0.25, -0.2) is 4.79 Å². The fraction of sp³-hybridized carbons (Fsp3) is 0.419. The molecule has 0 spiro atoms. The maximum Gasteiger partial charge on any atom is 0.329 e. The first-order valence-electron chi connectivity index (χ1n) is 13.4. The average molecular weight is 554 g/mol. The summed E-state index contributed by atoms with van der Waals surface area (Å²) in [5.41, 5.74) is 1.09. The zero-order valence-corrected chi connectivity index (χ0v) is 24.2. The summed E-state index contributed by atoms with van der Waals surface area (Å²) in [4.78, 5) is 26.6. The van der Waals surface area contributed by atoms with Crippen molar-refractivity contribution in [1.82, 2.24) is 5.32 Å². The number of unbranched alkanes of at least 4 members (excludes halogenated alkanes) is 1. The van der Waals surface area contributed by atoms with Crippen molar-refractivity contribution in [1.29, 1.82) is 0 Å². The minimum absolute atomic E-state index is 0.0204. The zero-order chi connectivity index (χ0) is 28.6. The van der Waals surface area contributed by atoms with E-state index in [0.29, 0.717) is 6.42 Å². The summed E-state index contributed by atoms with van der Waals surface area (Å²) < 4.78 is 36.8. The van der Waals surface area contributed by atoms with E-state index in [0.717, 1.165) is 34.7 Å². The molecule has 0 saturated carbocycles. The Bertz CT molecular complexity index is 1370. The molecule has 0 bridgehead atoms. The average Bonchev–Trinajstić information content (AvgIpc) is 2.88. The van der Waals surface area contributed by atoms with Gasteiger partial charge in [0, 0.05) is 0 Å². The normalized spacial score (nSPS) is 13.6. The van der Waals surface area contributed by atoms with Crippen LogP contribution in [-0.4, -0.2) is 38.5 Å². The third kappa shape index (κ3) is 8.90. The Kier molecular flexibility index (Phi) is 10.3. The number of rotatable bonds is 12. The fourth-order valence-electron chi connectivity index (χ4n) is 4.23. The number of hydrogen-bond donors (Lipinski definition) is 1. The lowest BCUT2D eigenvalue weighted by Gasteiger charge is -2.26. The Balaban J connectivity index is 1.88. The van der Waals surface area contributed by atoms with E-state index in [1.807, 2.05) is 56.3 Å². The van der Waals surface area contributed by atoms with E-state index >= 15 is 0 Å². The van der Waals surface area contributed by atoms with Crippen LogP contribution in [0.25, 0.3) is 10.8 Å². The van der Waals surface area contributed by atoms with Gasteiger partial charge in [0.1, 0.15) is 11.6 Å². The van der Waals surface area contributed by atoms with Crippen LogP contribution in [0, 0.1) is 12.8 Å². The topological polar surface area (TPSA) is 98.8 Å². The number of hydrogen-bond acceptors (Lipinski definition) is 6. The van der Waals surface area contributed by atoms with Crippen molar-refractivity contribution in [3.05, 3.63) is 77.9 Å². The number of amides is 1. The van der Waals surface area contributed by atoms with Gasteiger partial charge < -0.3 is 10.1 Å². The van der Waals surface area contributed by atoms with Crippen LogP contribution in [0.5, 0.6) is 0 Å². The predicted molar refractivity (Wildman–Crippen MR) is 153 cm³/mol. The zero-order valence-electron chi connectivity index (χ0n) is 23.4. The van der Waals surface area contributed by atoms with Crippen LogP contribution in [0.4, 0.5) is 0 Å². The second-order valence-corrected chi connectivity index (χ2v) is 12.4. The quantitative estimate of drug-likeness (QED) is 0.227. The highest BCUT2D eigenvalue weighted by Gasteiger charge is 2.30. The number of fused-ring (bicyclic) bond motifs is 1. The van der Waals surface area contributed by atoms with Gasteiger partial charge in [0.2, 0.25) is 5.91 Å². The van der Waals surface area contributed by atoms with Gasteiger partial charge in [-0.3, -0.25) is 8.98 Å². The van der Waals surface area contributed by atoms with E-state index in [1.165, 1.54) is 12.1 Å². The summed E-state index contributed by atoms with van der Waals surface area (Å²) in [6.07, 6.45) is 2.20. The van der Waals surface area contributed by atoms with Crippen LogP contribution in [0.1, 0.15) is 58.1 Å². The molecular weight excluding hydrogens is 514 g/mol. The molecule has 0 fully saturated rings. The van der Waals surface area contributed by atoms with Crippen molar-refractivity contribution < 1.29 is 26.9 Å². The molecular formula is C31H39NO6S. The maximum absolute atomic E-state index is 13.6. The molecule has 1 amide bonds. The van der Waals surface area contributed by atoms with E-state index in [-0.39, 0.29) is 17.9 Å². The largest absolute Gasteiger partial charge is 0.458 e. The molecule has 0 aromatic heterocycles. The third-order valence-corrected chi connectivity index (χ3v) is 7.60. The highest BCUT2D eigenvalue weighted by atomic mass is 32.2. The molecule has 3 aromatic carbocycles. The molecule has 0 aliphatic carbocycles. The molecule has 7 nitrogen and oxygen atoms in total. The summed E-state index contributed by atoms with van der Waals surface area (Å²) >= 11 is 0. The molecule has 0 saturated heterocycles. The van der Waals surface area contributed by atoms with Crippen LogP contribution < -0.4 is 5.32 Å². The number of aryl methyl sites for hydroxylation is 1. The standard InChI is InChI=1S/C31H39NO6S/c1-6-7-15-28(30(34)38-31(3,4)5)32-29(33)25(20-24-13-10-12-23-11-8-9-14-27(23)24)21-37-39(35,36)26-18-16-22(2)17-19-26/h8-14,16-19,25,28H,6-7,15,20-21H2,1-5H3,(H,32,33)/t25-,28-/m0/s1. The molecule has 210 valence electrons. The van der Waals surface area contributed by atoms with Crippen LogP contribution in [0.15, 0.2) is 71.6 Å². The number of ether oxygens (including phenoxy) is 1. The lowest BCUT2D eigenvalue weighted by molar-refractivity contribution is -0.159. The van der Waals surface area contributed by atoms with E-state index < -0.39 is 39.6 Å². The van der Waals surface area contributed by atoms with Crippen molar-refractivity contribution in [3.63, 3.8) is 0 Å². The second-order valence-electron chi connectivity index (χ2n) is 10.8. The smallest absolute Gasteiger partial charge is 0.329 e.